The maximum Gasteiger partial charge on any atom is 0.290 e. The van der Waals surface area contributed by atoms with Gasteiger partial charge in [0.25, 0.3) is 5.91 Å². The fourth-order valence-electron chi connectivity index (χ4n) is 4.02. The number of amides is 1. The Hall–Kier alpha value is -2.14. The Kier molecular flexibility index (Phi) is 6.23. The van der Waals surface area contributed by atoms with Gasteiger partial charge in [0.1, 0.15) is 0 Å². The van der Waals surface area contributed by atoms with Gasteiger partial charge in [-0.05, 0) is 35.8 Å². The van der Waals surface area contributed by atoms with E-state index < -0.39 is 17.7 Å². The van der Waals surface area contributed by atoms with Crippen LogP contribution in [0.5, 0.6) is 0 Å². The number of aliphatic hydroxyl groups excluding tert-OH is 1. The van der Waals surface area contributed by atoms with Crippen molar-refractivity contribution in [1.29, 1.82) is 0 Å². The summed E-state index contributed by atoms with van der Waals surface area (Å²) in [5.41, 5.74) is 2.28. The third kappa shape index (κ3) is 4.14. The van der Waals surface area contributed by atoms with Crippen LogP contribution in [-0.4, -0.2) is 41.0 Å². The Morgan fingerprint density at radius 3 is 2.43 bits per heavy atom. The van der Waals surface area contributed by atoms with Crippen LogP contribution in [0.1, 0.15) is 70.0 Å². The first kappa shape index (κ1) is 20.6. The quantitative estimate of drug-likeness (QED) is 0.760. The SMILES string of the molecule is CC(C)CC(=O)C1=C(O)C(=O)N(CC2CCCO2)C1c1ccc(C(C)C)cc1. The Morgan fingerprint density at radius 2 is 1.89 bits per heavy atom. The van der Waals surface area contributed by atoms with Gasteiger partial charge in [0.05, 0.1) is 17.7 Å². The molecule has 28 heavy (non-hydrogen) atoms. The van der Waals surface area contributed by atoms with Crippen molar-refractivity contribution in [2.24, 2.45) is 5.92 Å². The fraction of sp³-hybridized carbons (Fsp3) is 0.565. The van der Waals surface area contributed by atoms with Gasteiger partial charge < -0.3 is 14.7 Å². The molecule has 1 N–H and O–H groups in total. The highest BCUT2D eigenvalue weighted by atomic mass is 16.5. The van der Waals surface area contributed by atoms with Crippen LogP contribution in [0, 0.1) is 5.92 Å². The molecule has 152 valence electrons. The monoisotopic (exact) mass is 385 g/mol. The zero-order valence-electron chi connectivity index (χ0n) is 17.3. The van der Waals surface area contributed by atoms with E-state index in [0.29, 0.717) is 25.5 Å². The molecule has 2 unspecified atom stereocenters. The summed E-state index contributed by atoms with van der Waals surface area (Å²) in [4.78, 5) is 27.4. The van der Waals surface area contributed by atoms with E-state index in [2.05, 4.69) is 13.8 Å². The predicted octanol–water partition coefficient (Wildman–Crippen LogP) is 4.30. The van der Waals surface area contributed by atoms with Gasteiger partial charge in [0, 0.05) is 19.6 Å². The standard InChI is InChI=1S/C23H31NO4/c1-14(2)12-19(25)20-21(17-9-7-16(8-10-17)15(3)4)24(23(27)22(20)26)13-18-6-5-11-28-18/h7-10,14-15,18,21,26H,5-6,11-13H2,1-4H3. The second-order valence-corrected chi connectivity index (χ2v) is 8.60. The first-order valence-electron chi connectivity index (χ1n) is 10.3. The van der Waals surface area contributed by atoms with Crippen molar-refractivity contribution in [2.45, 2.75) is 65.0 Å². The highest BCUT2D eigenvalue weighted by Gasteiger charge is 2.44. The molecule has 0 aliphatic carbocycles. The van der Waals surface area contributed by atoms with Crippen LogP contribution in [0.4, 0.5) is 0 Å². The lowest BCUT2D eigenvalue weighted by Gasteiger charge is -2.29. The van der Waals surface area contributed by atoms with Crippen LogP contribution in [0.25, 0.3) is 0 Å². The largest absolute Gasteiger partial charge is 0.503 e. The molecule has 5 heteroatoms. The van der Waals surface area contributed by atoms with E-state index in [-0.39, 0.29) is 23.4 Å². The molecule has 0 radical (unpaired) electrons. The maximum atomic E-state index is 12.9. The van der Waals surface area contributed by atoms with Gasteiger partial charge >= 0.3 is 0 Å². The summed E-state index contributed by atoms with van der Waals surface area (Å²) in [6, 6.07) is 7.46. The number of benzene rings is 1. The molecule has 2 aliphatic heterocycles. The number of aliphatic hydroxyl groups is 1. The van der Waals surface area contributed by atoms with Gasteiger partial charge in [-0.25, -0.2) is 0 Å². The van der Waals surface area contributed by atoms with Crippen molar-refractivity contribution in [3.63, 3.8) is 0 Å². The van der Waals surface area contributed by atoms with Crippen LogP contribution in [0.3, 0.4) is 0 Å². The lowest BCUT2D eigenvalue weighted by molar-refractivity contribution is -0.131. The highest BCUT2D eigenvalue weighted by molar-refractivity contribution is 6.09. The van der Waals surface area contributed by atoms with E-state index >= 15 is 0 Å². The predicted molar refractivity (Wildman–Crippen MR) is 108 cm³/mol. The normalized spacial score (nSPS) is 22.8. The molecule has 5 nitrogen and oxygen atoms in total. The zero-order valence-corrected chi connectivity index (χ0v) is 17.3. The molecule has 0 spiro atoms. The minimum atomic E-state index is -0.552. The molecule has 2 aliphatic rings. The molecule has 2 heterocycles. The fourth-order valence-corrected chi connectivity index (χ4v) is 4.02. The summed E-state index contributed by atoms with van der Waals surface area (Å²) in [5.74, 6) is -0.483. The number of carbonyl (C=O) groups excluding carboxylic acids is 2. The number of carbonyl (C=O) groups is 2. The van der Waals surface area contributed by atoms with Crippen molar-refractivity contribution in [1.82, 2.24) is 4.90 Å². The highest BCUT2D eigenvalue weighted by Crippen LogP contribution is 2.39. The molecule has 0 aromatic heterocycles. The lowest BCUT2D eigenvalue weighted by Crippen LogP contribution is -2.37. The Balaban J connectivity index is 1.97. The first-order chi connectivity index (χ1) is 13.3. The topological polar surface area (TPSA) is 66.8 Å². The van der Waals surface area contributed by atoms with Gasteiger partial charge in [-0.1, -0.05) is 52.0 Å². The van der Waals surface area contributed by atoms with Crippen molar-refractivity contribution < 1.29 is 19.4 Å². The molecular weight excluding hydrogens is 354 g/mol. The van der Waals surface area contributed by atoms with E-state index in [1.807, 2.05) is 38.1 Å². The number of ketones is 1. The summed E-state index contributed by atoms with van der Waals surface area (Å²) in [7, 11) is 0. The first-order valence-corrected chi connectivity index (χ1v) is 10.3. The number of hydrogen-bond donors (Lipinski definition) is 1. The van der Waals surface area contributed by atoms with E-state index in [1.165, 1.54) is 5.56 Å². The molecule has 1 aromatic carbocycles. The second-order valence-electron chi connectivity index (χ2n) is 8.60. The third-order valence-electron chi connectivity index (χ3n) is 5.54. The average Bonchev–Trinajstić information content (AvgIpc) is 3.23. The number of ether oxygens (including phenoxy) is 1. The molecule has 0 bridgehead atoms. The number of Topliss-reactive ketones (excluding diaryl/α,β-unsaturated/α-hetero) is 1. The van der Waals surface area contributed by atoms with Crippen molar-refractivity contribution in [3.8, 4) is 0 Å². The Morgan fingerprint density at radius 1 is 1.21 bits per heavy atom. The third-order valence-corrected chi connectivity index (χ3v) is 5.54. The molecular formula is C23H31NO4. The summed E-state index contributed by atoms with van der Waals surface area (Å²) in [5, 5.41) is 10.6. The molecule has 1 aromatic rings. The van der Waals surface area contributed by atoms with E-state index in [0.717, 1.165) is 18.4 Å². The summed E-state index contributed by atoms with van der Waals surface area (Å²) >= 11 is 0. The van der Waals surface area contributed by atoms with Gasteiger partial charge in [-0.2, -0.15) is 0 Å². The molecule has 3 rings (SSSR count). The smallest absolute Gasteiger partial charge is 0.290 e. The van der Waals surface area contributed by atoms with Crippen molar-refractivity contribution in [2.75, 3.05) is 13.2 Å². The molecule has 1 saturated heterocycles. The summed E-state index contributed by atoms with van der Waals surface area (Å²) < 4.78 is 5.71. The van der Waals surface area contributed by atoms with Crippen LogP contribution >= 0.6 is 0 Å². The number of hydrogen-bond acceptors (Lipinski definition) is 4. The van der Waals surface area contributed by atoms with Crippen LogP contribution in [-0.2, 0) is 14.3 Å². The average molecular weight is 386 g/mol. The van der Waals surface area contributed by atoms with Crippen LogP contribution < -0.4 is 0 Å². The van der Waals surface area contributed by atoms with E-state index in [9.17, 15) is 14.7 Å². The molecule has 1 amide bonds. The number of nitrogens with zero attached hydrogens (tertiary/aromatic N) is 1. The lowest BCUT2D eigenvalue weighted by atomic mass is 9.91. The zero-order chi connectivity index (χ0) is 20.4. The van der Waals surface area contributed by atoms with Crippen molar-refractivity contribution >= 4 is 11.7 Å². The Labute approximate surface area is 167 Å². The van der Waals surface area contributed by atoms with E-state index in [4.69, 9.17) is 4.74 Å². The molecule has 1 fully saturated rings. The van der Waals surface area contributed by atoms with E-state index in [1.54, 1.807) is 4.90 Å². The molecule has 2 atom stereocenters. The van der Waals surface area contributed by atoms with Gasteiger partial charge in [-0.3, -0.25) is 9.59 Å². The summed E-state index contributed by atoms with van der Waals surface area (Å²) in [6.07, 6.45) is 2.12. The Bertz CT molecular complexity index is 757. The van der Waals surface area contributed by atoms with Crippen LogP contribution in [0.2, 0.25) is 0 Å². The summed E-state index contributed by atoms with van der Waals surface area (Å²) in [6.45, 7) is 9.25. The molecule has 0 saturated carbocycles. The van der Waals surface area contributed by atoms with Crippen LogP contribution in [0.15, 0.2) is 35.6 Å². The van der Waals surface area contributed by atoms with Gasteiger partial charge in [0.2, 0.25) is 0 Å². The second kappa shape index (κ2) is 8.48. The van der Waals surface area contributed by atoms with Gasteiger partial charge in [-0.15, -0.1) is 0 Å². The minimum absolute atomic E-state index is 0.0475. The minimum Gasteiger partial charge on any atom is -0.503 e. The van der Waals surface area contributed by atoms with Crippen molar-refractivity contribution in [3.05, 3.63) is 46.7 Å². The van der Waals surface area contributed by atoms with Gasteiger partial charge in [0.15, 0.2) is 11.5 Å². The number of rotatable bonds is 7. The maximum absolute atomic E-state index is 12.9.